The molecule has 1 aliphatic heterocycles. The maximum absolute atomic E-state index is 12.0. The van der Waals surface area contributed by atoms with Crippen LogP contribution in [-0.2, 0) is 14.3 Å². The number of nitrogens with two attached hydrogens (primary N) is 1. The molecule has 120 valence electrons. The Hall–Kier alpha value is -2.19. The van der Waals surface area contributed by atoms with Crippen LogP contribution in [-0.4, -0.2) is 72.3 Å². The fraction of sp³-hybridized carbons (Fsp3) is 0.500. The molecule has 8 heteroatoms. The average molecular weight is 308 g/mol. The molecule has 0 saturated carbocycles. The van der Waals surface area contributed by atoms with Gasteiger partial charge in [0.25, 0.3) is 0 Å². The van der Waals surface area contributed by atoms with Crippen molar-refractivity contribution in [1.29, 1.82) is 0 Å². The summed E-state index contributed by atoms with van der Waals surface area (Å²) in [6, 6.07) is 3.72. The van der Waals surface area contributed by atoms with Gasteiger partial charge in [0.2, 0.25) is 11.8 Å². The standard InChI is InChI=1S/C14H20N4O4/c15-13(20)9-22-10-14(21)18-6-5-17(7-12(19)8-18)11-1-3-16-4-2-11/h1-4,12,19H,5-10H2,(H2,15,20). The second-order valence-corrected chi connectivity index (χ2v) is 5.10. The van der Waals surface area contributed by atoms with Crippen molar-refractivity contribution in [3.8, 4) is 0 Å². The number of hydrogen-bond acceptors (Lipinski definition) is 6. The molecule has 2 amide bonds. The first-order valence-electron chi connectivity index (χ1n) is 7.03. The predicted octanol–water partition coefficient (Wildman–Crippen LogP) is -1.41. The Morgan fingerprint density at radius 2 is 2.00 bits per heavy atom. The number of hydrogen-bond donors (Lipinski definition) is 2. The van der Waals surface area contributed by atoms with Gasteiger partial charge in [0, 0.05) is 44.3 Å². The second kappa shape index (κ2) is 7.71. The van der Waals surface area contributed by atoms with Crippen LogP contribution in [0.2, 0.25) is 0 Å². The van der Waals surface area contributed by atoms with Crippen molar-refractivity contribution in [2.75, 3.05) is 44.3 Å². The minimum Gasteiger partial charge on any atom is -0.389 e. The lowest BCUT2D eigenvalue weighted by Crippen LogP contribution is -2.40. The Kier molecular flexibility index (Phi) is 5.68. The van der Waals surface area contributed by atoms with Gasteiger partial charge in [-0.3, -0.25) is 14.6 Å². The molecule has 2 rings (SSSR count). The van der Waals surface area contributed by atoms with Gasteiger partial charge in [0.05, 0.1) is 6.10 Å². The molecule has 1 aliphatic rings. The number of anilines is 1. The Morgan fingerprint density at radius 3 is 2.68 bits per heavy atom. The number of primary amides is 1. The zero-order chi connectivity index (χ0) is 15.9. The Balaban J connectivity index is 1.91. The van der Waals surface area contributed by atoms with Crippen LogP contribution in [0.5, 0.6) is 0 Å². The largest absolute Gasteiger partial charge is 0.389 e. The van der Waals surface area contributed by atoms with E-state index < -0.39 is 12.0 Å². The third-order valence-electron chi connectivity index (χ3n) is 3.35. The topological polar surface area (TPSA) is 109 Å². The lowest BCUT2D eigenvalue weighted by molar-refractivity contribution is -0.138. The second-order valence-electron chi connectivity index (χ2n) is 5.10. The van der Waals surface area contributed by atoms with E-state index in [1.54, 1.807) is 12.4 Å². The third-order valence-corrected chi connectivity index (χ3v) is 3.35. The van der Waals surface area contributed by atoms with Crippen LogP contribution in [0.25, 0.3) is 0 Å². The number of ether oxygens (including phenoxy) is 1. The lowest BCUT2D eigenvalue weighted by Gasteiger charge is -2.23. The van der Waals surface area contributed by atoms with E-state index in [9.17, 15) is 14.7 Å². The molecule has 2 heterocycles. The number of carbonyl (C=O) groups is 2. The highest BCUT2D eigenvalue weighted by molar-refractivity contribution is 5.79. The molecule has 1 unspecified atom stereocenters. The molecule has 8 nitrogen and oxygen atoms in total. The molecule has 0 bridgehead atoms. The van der Waals surface area contributed by atoms with Gasteiger partial charge in [-0.25, -0.2) is 0 Å². The molecular weight excluding hydrogens is 288 g/mol. The zero-order valence-electron chi connectivity index (χ0n) is 12.2. The number of pyridine rings is 1. The SMILES string of the molecule is NC(=O)COCC(=O)N1CCN(c2ccncc2)CC(O)C1. The number of β-amino-alcohol motifs (C(OH)–C–C–N with tert-alkyl or cyclic N) is 1. The van der Waals surface area contributed by atoms with Crippen molar-refractivity contribution in [2.24, 2.45) is 5.73 Å². The summed E-state index contributed by atoms with van der Waals surface area (Å²) in [5.74, 6) is -0.885. The summed E-state index contributed by atoms with van der Waals surface area (Å²) < 4.78 is 4.93. The Bertz CT molecular complexity index is 511. The van der Waals surface area contributed by atoms with E-state index in [1.807, 2.05) is 17.0 Å². The van der Waals surface area contributed by atoms with E-state index in [-0.39, 0.29) is 25.7 Å². The van der Waals surface area contributed by atoms with Gasteiger partial charge in [0.15, 0.2) is 0 Å². The van der Waals surface area contributed by atoms with Crippen LogP contribution >= 0.6 is 0 Å². The van der Waals surface area contributed by atoms with Crippen LogP contribution in [0.1, 0.15) is 0 Å². The highest BCUT2D eigenvalue weighted by atomic mass is 16.5. The molecule has 3 N–H and O–H groups in total. The van der Waals surface area contributed by atoms with Crippen molar-refractivity contribution >= 4 is 17.5 Å². The van der Waals surface area contributed by atoms with Gasteiger partial charge in [-0.2, -0.15) is 0 Å². The van der Waals surface area contributed by atoms with E-state index in [1.165, 1.54) is 4.90 Å². The molecule has 0 radical (unpaired) electrons. The van der Waals surface area contributed by atoms with Crippen molar-refractivity contribution in [1.82, 2.24) is 9.88 Å². The summed E-state index contributed by atoms with van der Waals surface area (Å²) in [5.41, 5.74) is 5.90. The number of carbonyl (C=O) groups excluding carboxylic acids is 2. The highest BCUT2D eigenvalue weighted by Crippen LogP contribution is 2.15. The molecular formula is C14H20N4O4. The van der Waals surface area contributed by atoms with Gasteiger partial charge in [-0.15, -0.1) is 0 Å². The van der Waals surface area contributed by atoms with Crippen molar-refractivity contribution < 1.29 is 19.4 Å². The van der Waals surface area contributed by atoms with E-state index >= 15 is 0 Å². The first kappa shape index (κ1) is 16.2. The van der Waals surface area contributed by atoms with E-state index in [2.05, 4.69) is 4.98 Å². The maximum atomic E-state index is 12.0. The first-order valence-corrected chi connectivity index (χ1v) is 7.03. The van der Waals surface area contributed by atoms with E-state index in [0.717, 1.165) is 5.69 Å². The van der Waals surface area contributed by atoms with Crippen molar-refractivity contribution in [3.63, 3.8) is 0 Å². The summed E-state index contributed by atoms with van der Waals surface area (Å²) in [6.45, 7) is 1.24. The number of amides is 2. The zero-order valence-corrected chi connectivity index (χ0v) is 12.2. The third kappa shape index (κ3) is 4.68. The molecule has 0 aliphatic carbocycles. The van der Waals surface area contributed by atoms with Crippen LogP contribution in [0.3, 0.4) is 0 Å². The van der Waals surface area contributed by atoms with Crippen LogP contribution in [0.4, 0.5) is 5.69 Å². The van der Waals surface area contributed by atoms with E-state index in [0.29, 0.717) is 19.6 Å². The van der Waals surface area contributed by atoms with E-state index in [4.69, 9.17) is 10.5 Å². The molecule has 1 fully saturated rings. The Morgan fingerprint density at radius 1 is 1.27 bits per heavy atom. The number of aliphatic hydroxyl groups is 1. The number of rotatable bonds is 5. The summed E-state index contributed by atoms with van der Waals surface area (Å²) in [4.78, 5) is 30.1. The minimum absolute atomic E-state index is 0.217. The monoisotopic (exact) mass is 308 g/mol. The summed E-state index contributed by atoms with van der Waals surface area (Å²) in [5, 5.41) is 10.1. The minimum atomic E-state index is -0.657. The number of aliphatic hydroxyl groups excluding tert-OH is 1. The first-order chi connectivity index (χ1) is 10.6. The van der Waals surface area contributed by atoms with Gasteiger partial charge >= 0.3 is 0 Å². The van der Waals surface area contributed by atoms with Crippen LogP contribution in [0, 0.1) is 0 Å². The van der Waals surface area contributed by atoms with Gasteiger partial charge < -0.3 is 25.4 Å². The van der Waals surface area contributed by atoms with Gasteiger partial charge in [-0.05, 0) is 12.1 Å². The molecule has 1 aromatic rings. The fourth-order valence-corrected chi connectivity index (χ4v) is 2.34. The van der Waals surface area contributed by atoms with Gasteiger partial charge in [-0.1, -0.05) is 0 Å². The predicted molar refractivity (Wildman–Crippen MR) is 79.1 cm³/mol. The molecule has 0 aromatic carbocycles. The molecule has 1 aromatic heterocycles. The lowest BCUT2D eigenvalue weighted by atomic mass is 10.3. The smallest absolute Gasteiger partial charge is 0.248 e. The maximum Gasteiger partial charge on any atom is 0.248 e. The fourth-order valence-electron chi connectivity index (χ4n) is 2.34. The van der Waals surface area contributed by atoms with Crippen molar-refractivity contribution in [3.05, 3.63) is 24.5 Å². The highest BCUT2D eigenvalue weighted by Gasteiger charge is 2.24. The quantitative estimate of drug-likeness (QED) is 0.692. The molecule has 22 heavy (non-hydrogen) atoms. The summed E-state index contributed by atoms with van der Waals surface area (Å²) >= 11 is 0. The van der Waals surface area contributed by atoms with Gasteiger partial charge in [0.1, 0.15) is 13.2 Å². The number of nitrogens with zero attached hydrogens (tertiary/aromatic N) is 3. The number of aromatic nitrogens is 1. The van der Waals surface area contributed by atoms with Crippen LogP contribution < -0.4 is 10.6 Å². The molecule has 0 spiro atoms. The molecule has 1 saturated heterocycles. The molecule has 1 atom stereocenters. The Labute approximate surface area is 128 Å². The normalized spacial score (nSPS) is 18.9. The van der Waals surface area contributed by atoms with Crippen molar-refractivity contribution in [2.45, 2.75) is 6.10 Å². The van der Waals surface area contributed by atoms with Crippen LogP contribution in [0.15, 0.2) is 24.5 Å². The summed E-state index contributed by atoms with van der Waals surface area (Å²) in [6.07, 6.45) is 2.72. The average Bonchev–Trinajstić information content (AvgIpc) is 2.69. The summed E-state index contributed by atoms with van der Waals surface area (Å²) in [7, 11) is 0.